The zero-order chi connectivity index (χ0) is 15.5. The van der Waals surface area contributed by atoms with E-state index in [9.17, 15) is 9.59 Å². The average molecular weight is 297 g/mol. The van der Waals surface area contributed by atoms with Crippen LogP contribution in [0.1, 0.15) is 22.3 Å². The number of amides is 1. The molecule has 0 radical (unpaired) electrons. The molecule has 0 fully saturated rings. The van der Waals surface area contributed by atoms with E-state index in [2.05, 4.69) is 5.32 Å². The SMILES string of the molecule is COc1ccc(C(=O)Oc2ccc3c(c2)CCC(=O)N3)cc1. The van der Waals surface area contributed by atoms with Crippen molar-refractivity contribution in [3.05, 3.63) is 53.6 Å². The number of hydrogen-bond donors (Lipinski definition) is 1. The second-order valence-corrected chi connectivity index (χ2v) is 4.99. The summed E-state index contributed by atoms with van der Waals surface area (Å²) in [5.41, 5.74) is 2.20. The number of fused-ring (bicyclic) bond motifs is 1. The molecule has 3 rings (SSSR count). The van der Waals surface area contributed by atoms with E-state index < -0.39 is 5.97 Å². The molecule has 1 N–H and O–H groups in total. The summed E-state index contributed by atoms with van der Waals surface area (Å²) in [6.45, 7) is 0. The third kappa shape index (κ3) is 2.93. The van der Waals surface area contributed by atoms with Crippen molar-refractivity contribution in [1.29, 1.82) is 0 Å². The van der Waals surface area contributed by atoms with Crippen molar-refractivity contribution in [3.63, 3.8) is 0 Å². The number of hydrogen-bond acceptors (Lipinski definition) is 4. The second-order valence-electron chi connectivity index (χ2n) is 4.99. The summed E-state index contributed by atoms with van der Waals surface area (Å²) in [6.07, 6.45) is 1.10. The lowest BCUT2D eigenvalue weighted by atomic mass is 10.0. The van der Waals surface area contributed by atoms with Gasteiger partial charge in [-0.15, -0.1) is 0 Å². The summed E-state index contributed by atoms with van der Waals surface area (Å²) in [7, 11) is 1.57. The molecule has 0 bridgehead atoms. The molecule has 0 aliphatic carbocycles. The first-order chi connectivity index (χ1) is 10.7. The molecular weight excluding hydrogens is 282 g/mol. The van der Waals surface area contributed by atoms with Crippen LogP contribution in [0.4, 0.5) is 5.69 Å². The van der Waals surface area contributed by atoms with Gasteiger partial charge in [-0.05, 0) is 54.4 Å². The Kier molecular flexibility index (Phi) is 3.78. The summed E-state index contributed by atoms with van der Waals surface area (Å²) < 4.78 is 10.4. The molecular formula is C17H15NO4. The number of anilines is 1. The number of rotatable bonds is 3. The predicted molar refractivity (Wildman–Crippen MR) is 81.3 cm³/mol. The van der Waals surface area contributed by atoms with Crippen LogP contribution in [-0.2, 0) is 11.2 Å². The quantitative estimate of drug-likeness (QED) is 0.699. The van der Waals surface area contributed by atoms with Gasteiger partial charge in [-0.25, -0.2) is 4.79 Å². The summed E-state index contributed by atoms with van der Waals surface area (Å²) in [4.78, 5) is 23.4. The van der Waals surface area contributed by atoms with Crippen molar-refractivity contribution in [2.24, 2.45) is 0 Å². The van der Waals surface area contributed by atoms with Crippen molar-refractivity contribution in [2.45, 2.75) is 12.8 Å². The number of carbonyl (C=O) groups excluding carboxylic acids is 2. The molecule has 112 valence electrons. The molecule has 22 heavy (non-hydrogen) atoms. The van der Waals surface area contributed by atoms with Gasteiger partial charge in [0, 0.05) is 12.1 Å². The van der Waals surface area contributed by atoms with Crippen LogP contribution in [0.15, 0.2) is 42.5 Å². The van der Waals surface area contributed by atoms with Crippen molar-refractivity contribution >= 4 is 17.6 Å². The van der Waals surface area contributed by atoms with E-state index in [-0.39, 0.29) is 5.91 Å². The van der Waals surface area contributed by atoms with Crippen LogP contribution in [-0.4, -0.2) is 19.0 Å². The highest BCUT2D eigenvalue weighted by atomic mass is 16.5. The fourth-order valence-corrected chi connectivity index (χ4v) is 2.32. The molecule has 2 aromatic carbocycles. The van der Waals surface area contributed by atoms with Crippen molar-refractivity contribution in [2.75, 3.05) is 12.4 Å². The Labute approximate surface area is 127 Å². The van der Waals surface area contributed by atoms with Crippen LogP contribution in [0, 0.1) is 0 Å². The maximum absolute atomic E-state index is 12.1. The predicted octanol–water partition coefficient (Wildman–Crippen LogP) is 2.80. The molecule has 1 heterocycles. The Morgan fingerprint density at radius 2 is 1.77 bits per heavy atom. The summed E-state index contributed by atoms with van der Waals surface area (Å²) in [6, 6.07) is 11.9. The molecule has 5 heteroatoms. The van der Waals surface area contributed by atoms with Crippen LogP contribution < -0.4 is 14.8 Å². The van der Waals surface area contributed by atoms with Gasteiger partial charge in [0.25, 0.3) is 0 Å². The first-order valence-corrected chi connectivity index (χ1v) is 6.95. The fourth-order valence-electron chi connectivity index (χ4n) is 2.32. The minimum Gasteiger partial charge on any atom is -0.497 e. The first-order valence-electron chi connectivity index (χ1n) is 6.95. The summed E-state index contributed by atoms with van der Waals surface area (Å²) in [5.74, 6) is 0.731. The van der Waals surface area contributed by atoms with Crippen molar-refractivity contribution < 1.29 is 19.1 Å². The molecule has 0 saturated carbocycles. The topological polar surface area (TPSA) is 64.6 Å². The van der Waals surface area contributed by atoms with Crippen LogP contribution in [0.2, 0.25) is 0 Å². The molecule has 5 nitrogen and oxygen atoms in total. The highest BCUT2D eigenvalue weighted by molar-refractivity contribution is 5.94. The van der Waals surface area contributed by atoms with E-state index in [4.69, 9.17) is 9.47 Å². The Hall–Kier alpha value is -2.82. The molecule has 2 aromatic rings. The van der Waals surface area contributed by atoms with Gasteiger partial charge in [0.2, 0.25) is 5.91 Å². The minimum absolute atomic E-state index is 0.00970. The number of carbonyl (C=O) groups is 2. The van der Waals surface area contributed by atoms with Gasteiger partial charge in [-0.1, -0.05) is 0 Å². The maximum atomic E-state index is 12.1. The van der Waals surface area contributed by atoms with Gasteiger partial charge in [-0.3, -0.25) is 4.79 Å². The summed E-state index contributed by atoms with van der Waals surface area (Å²) in [5, 5.41) is 2.79. The van der Waals surface area contributed by atoms with Crippen LogP contribution in [0.25, 0.3) is 0 Å². The molecule has 0 saturated heterocycles. The van der Waals surface area contributed by atoms with Gasteiger partial charge in [0.15, 0.2) is 0 Å². The van der Waals surface area contributed by atoms with E-state index in [1.807, 2.05) is 0 Å². The van der Waals surface area contributed by atoms with E-state index in [1.54, 1.807) is 49.6 Å². The van der Waals surface area contributed by atoms with E-state index >= 15 is 0 Å². The minimum atomic E-state index is -0.428. The number of benzene rings is 2. The largest absolute Gasteiger partial charge is 0.497 e. The van der Waals surface area contributed by atoms with Crippen molar-refractivity contribution in [3.8, 4) is 11.5 Å². The Bertz CT molecular complexity index is 722. The molecule has 1 aliphatic heterocycles. The number of ether oxygens (including phenoxy) is 2. The Morgan fingerprint density at radius 3 is 2.50 bits per heavy atom. The van der Waals surface area contributed by atoms with E-state index in [1.165, 1.54) is 0 Å². The van der Waals surface area contributed by atoms with E-state index in [0.29, 0.717) is 29.9 Å². The fraction of sp³-hybridized carbons (Fsp3) is 0.176. The molecule has 1 amide bonds. The van der Waals surface area contributed by atoms with Crippen LogP contribution >= 0.6 is 0 Å². The van der Waals surface area contributed by atoms with E-state index in [0.717, 1.165) is 11.3 Å². The molecule has 1 aliphatic rings. The van der Waals surface area contributed by atoms with Crippen molar-refractivity contribution in [1.82, 2.24) is 0 Å². The van der Waals surface area contributed by atoms with Gasteiger partial charge < -0.3 is 14.8 Å². The molecule has 0 spiro atoms. The number of nitrogens with one attached hydrogen (secondary N) is 1. The molecule has 0 atom stereocenters. The maximum Gasteiger partial charge on any atom is 0.343 e. The lowest BCUT2D eigenvalue weighted by molar-refractivity contribution is -0.116. The standard InChI is InChI=1S/C17H15NO4/c1-21-13-5-2-11(3-6-13)17(20)22-14-7-8-15-12(10-14)4-9-16(19)18-15/h2-3,5-8,10H,4,9H2,1H3,(H,18,19). The Balaban J connectivity index is 1.75. The van der Waals surface area contributed by atoms with Gasteiger partial charge >= 0.3 is 5.97 Å². The van der Waals surface area contributed by atoms with Crippen LogP contribution in [0.5, 0.6) is 11.5 Å². The number of esters is 1. The summed E-state index contributed by atoms with van der Waals surface area (Å²) >= 11 is 0. The average Bonchev–Trinajstić information content (AvgIpc) is 2.55. The first kappa shape index (κ1) is 14.1. The van der Waals surface area contributed by atoms with Gasteiger partial charge in [0.1, 0.15) is 11.5 Å². The normalized spacial score (nSPS) is 13.0. The highest BCUT2D eigenvalue weighted by Gasteiger charge is 2.16. The third-order valence-corrected chi connectivity index (χ3v) is 3.51. The van der Waals surface area contributed by atoms with Gasteiger partial charge in [-0.2, -0.15) is 0 Å². The highest BCUT2D eigenvalue weighted by Crippen LogP contribution is 2.27. The molecule has 0 aromatic heterocycles. The zero-order valence-corrected chi connectivity index (χ0v) is 12.1. The Morgan fingerprint density at radius 1 is 1.05 bits per heavy atom. The zero-order valence-electron chi connectivity index (χ0n) is 12.1. The smallest absolute Gasteiger partial charge is 0.343 e. The van der Waals surface area contributed by atoms with Gasteiger partial charge in [0.05, 0.1) is 12.7 Å². The van der Waals surface area contributed by atoms with Crippen LogP contribution in [0.3, 0.4) is 0 Å². The number of aryl methyl sites for hydroxylation is 1. The lowest BCUT2D eigenvalue weighted by Gasteiger charge is -2.17. The number of methoxy groups -OCH3 is 1. The third-order valence-electron chi connectivity index (χ3n) is 3.51. The monoisotopic (exact) mass is 297 g/mol. The lowest BCUT2D eigenvalue weighted by Crippen LogP contribution is -2.19. The molecule has 0 unspecified atom stereocenters. The second kappa shape index (κ2) is 5.89.